The Hall–Kier alpha value is -1.04. The van der Waals surface area contributed by atoms with Crippen LogP contribution < -0.4 is 11.1 Å². The Bertz CT molecular complexity index is 482. The Labute approximate surface area is 127 Å². The molecule has 2 nitrogen and oxygen atoms in total. The molecule has 3 N–H and O–H groups in total. The Morgan fingerprint density at radius 2 is 1.90 bits per heavy atom. The average molecular weight is 318 g/mol. The van der Waals surface area contributed by atoms with Crippen LogP contribution in [0.4, 0.5) is 24.5 Å². The molecule has 2 rings (SSSR count). The van der Waals surface area contributed by atoms with Crippen LogP contribution >= 0.6 is 11.8 Å². The number of rotatable bonds is 4. The smallest absolute Gasteiger partial charge is 0.398 e. The van der Waals surface area contributed by atoms with E-state index in [9.17, 15) is 13.2 Å². The maximum Gasteiger partial charge on any atom is 0.418 e. The van der Waals surface area contributed by atoms with Gasteiger partial charge in [0.05, 0.1) is 5.56 Å². The summed E-state index contributed by atoms with van der Waals surface area (Å²) in [6.45, 7) is 0.690. The zero-order valence-electron chi connectivity index (χ0n) is 12.1. The van der Waals surface area contributed by atoms with Crippen LogP contribution in [0.2, 0.25) is 0 Å². The number of halogens is 3. The monoisotopic (exact) mass is 318 g/mol. The van der Waals surface area contributed by atoms with Crippen LogP contribution in [-0.2, 0) is 6.18 Å². The Morgan fingerprint density at radius 1 is 1.24 bits per heavy atom. The van der Waals surface area contributed by atoms with Crippen molar-refractivity contribution in [3.8, 4) is 0 Å². The molecule has 0 heterocycles. The molecule has 0 unspecified atom stereocenters. The van der Waals surface area contributed by atoms with E-state index >= 15 is 0 Å². The predicted molar refractivity (Wildman–Crippen MR) is 83.7 cm³/mol. The molecule has 6 heteroatoms. The van der Waals surface area contributed by atoms with Crippen LogP contribution in [0.15, 0.2) is 18.2 Å². The molecule has 0 bridgehead atoms. The fourth-order valence-electron chi connectivity index (χ4n) is 2.82. The Kier molecular flexibility index (Phi) is 4.96. The quantitative estimate of drug-likeness (QED) is 0.786. The summed E-state index contributed by atoms with van der Waals surface area (Å²) in [7, 11) is 0. The third-order valence-corrected chi connectivity index (χ3v) is 5.59. The van der Waals surface area contributed by atoms with Gasteiger partial charge in [-0.3, -0.25) is 0 Å². The van der Waals surface area contributed by atoms with Gasteiger partial charge in [-0.2, -0.15) is 24.9 Å². The van der Waals surface area contributed by atoms with Gasteiger partial charge in [-0.05, 0) is 37.3 Å². The number of hydrogen-bond donors (Lipinski definition) is 2. The van der Waals surface area contributed by atoms with Crippen LogP contribution in [0.1, 0.15) is 37.7 Å². The summed E-state index contributed by atoms with van der Waals surface area (Å²) in [6, 6.07) is 4.03. The number of hydrogen-bond acceptors (Lipinski definition) is 3. The van der Waals surface area contributed by atoms with Crippen molar-refractivity contribution < 1.29 is 13.2 Å². The molecule has 0 atom stereocenters. The summed E-state index contributed by atoms with van der Waals surface area (Å²) in [5.74, 6) is 0. The fourth-order valence-corrected chi connectivity index (χ4v) is 3.74. The fraction of sp³-hybridized carbons (Fsp3) is 0.600. The molecular weight excluding hydrogens is 297 g/mol. The molecule has 1 aliphatic rings. The zero-order chi connectivity index (χ0) is 15.5. The second kappa shape index (κ2) is 6.38. The van der Waals surface area contributed by atoms with Crippen LogP contribution in [0.25, 0.3) is 0 Å². The summed E-state index contributed by atoms with van der Waals surface area (Å²) in [5, 5.41) is 3.17. The molecule has 1 fully saturated rings. The lowest BCUT2D eigenvalue weighted by Gasteiger charge is -2.36. The number of alkyl halides is 3. The molecule has 1 aromatic carbocycles. The van der Waals surface area contributed by atoms with Gasteiger partial charge in [0.1, 0.15) is 0 Å². The molecule has 118 valence electrons. The summed E-state index contributed by atoms with van der Waals surface area (Å²) in [6.07, 6.45) is 3.53. The summed E-state index contributed by atoms with van der Waals surface area (Å²) in [4.78, 5) is 0. The van der Waals surface area contributed by atoms with Crippen molar-refractivity contribution in [3.63, 3.8) is 0 Å². The van der Waals surface area contributed by atoms with Crippen molar-refractivity contribution in [1.29, 1.82) is 0 Å². The summed E-state index contributed by atoms with van der Waals surface area (Å²) < 4.78 is 38.7. The number of nitrogens with one attached hydrogen (secondary N) is 1. The van der Waals surface area contributed by atoms with E-state index in [0.29, 0.717) is 12.2 Å². The van der Waals surface area contributed by atoms with Gasteiger partial charge in [-0.25, -0.2) is 0 Å². The lowest BCUT2D eigenvalue weighted by atomic mass is 9.88. The van der Waals surface area contributed by atoms with Gasteiger partial charge in [0, 0.05) is 22.7 Å². The molecule has 0 radical (unpaired) electrons. The van der Waals surface area contributed by atoms with Crippen molar-refractivity contribution in [3.05, 3.63) is 23.8 Å². The minimum Gasteiger partial charge on any atom is -0.398 e. The van der Waals surface area contributed by atoms with E-state index in [4.69, 9.17) is 5.73 Å². The maximum atomic E-state index is 12.9. The molecule has 1 aromatic rings. The molecule has 0 spiro atoms. The van der Waals surface area contributed by atoms with E-state index in [0.717, 1.165) is 18.9 Å². The molecule has 1 aliphatic carbocycles. The normalized spacial score (nSPS) is 18.5. The topological polar surface area (TPSA) is 38.0 Å². The lowest BCUT2D eigenvalue weighted by molar-refractivity contribution is -0.136. The van der Waals surface area contributed by atoms with Gasteiger partial charge in [0.15, 0.2) is 0 Å². The van der Waals surface area contributed by atoms with E-state index in [1.165, 1.54) is 25.3 Å². The minimum absolute atomic E-state index is 0.137. The Balaban J connectivity index is 2.09. The van der Waals surface area contributed by atoms with Crippen LogP contribution in [-0.4, -0.2) is 17.5 Å². The van der Waals surface area contributed by atoms with E-state index in [2.05, 4.69) is 11.6 Å². The number of anilines is 2. The van der Waals surface area contributed by atoms with Crippen molar-refractivity contribution in [2.24, 2.45) is 0 Å². The Morgan fingerprint density at radius 3 is 2.48 bits per heavy atom. The number of nitrogens with two attached hydrogens (primary N) is 1. The molecule has 1 saturated carbocycles. The van der Waals surface area contributed by atoms with E-state index in [1.54, 1.807) is 6.07 Å². The van der Waals surface area contributed by atoms with E-state index in [1.807, 2.05) is 11.8 Å². The highest BCUT2D eigenvalue weighted by Crippen LogP contribution is 2.39. The SMILES string of the molecule is CSC1(CNc2ccc(N)c(C(F)(F)F)c2)CCCCC1. The van der Waals surface area contributed by atoms with Crippen LogP contribution in [0.3, 0.4) is 0 Å². The van der Waals surface area contributed by atoms with E-state index in [-0.39, 0.29) is 10.4 Å². The minimum atomic E-state index is -4.41. The second-order valence-corrected chi connectivity index (χ2v) is 6.88. The number of nitrogen functional groups attached to an aromatic ring is 1. The molecule has 0 amide bonds. The molecule has 21 heavy (non-hydrogen) atoms. The third kappa shape index (κ3) is 3.99. The van der Waals surface area contributed by atoms with Gasteiger partial charge in [-0.15, -0.1) is 0 Å². The first kappa shape index (κ1) is 16.3. The number of benzene rings is 1. The molecule has 0 aromatic heterocycles. The first-order valence-corrected chi connectivity index (χ1v) is 8.34. The summed E-state index contributed by atoms with van der Waals surface area (Å²) in [5.41, 5.74) is 4.90. The number of thioether (sulfide) groups is 1. The average Bonchev–Trinajstić information content (AvgIpc) is 2.46. The highest BCUT2D eigenvalue weighted by Gasteiger charge is 2.34. The lowest BCUT2D eigenvalue weighted by Crippen LogP contribution is -2.35. The van der Waals surface area contributed by atoms with Crippen molar-refractivity contribution in [1.82, 2.24) is 0 Å². The van der Waals surface area contributed by atoms with Gasteiger partial charge >= 0.3 is 6.18 Å². The molecule has 0 aliphatic heterocycles. The largest absolute Gasteiger partial charge is 0.418 e. The van der Waals surface area contributed by atoms with Gasteiger partial charge < -0.3 is 11.1 Å². The maximum absolute atomic E-state index is 12.9. The zero-order valence-corrected chi connectivity index (χ0v) is 12.9. The van der Waals surface area contributed by atoms with Gasteiger partial charge in [0.2, 0.25) is 0 Å². The summed E-state index contributed by atoms with van der Waals surface area (Å²) >= 11 is 1.82. The van der Waals surface area contributed by atoms with Gasteiger partial charge in [-0.1, -0.05) is 19.3 Å². The third-order valence-electron chi connectivity index (χ3n) is 4.17. The predicted octanol–water partition coefficient (Wildman–Crippen LogP) is 4.77. The van der Waals surface area contributed by atoms with Crippen LogP contribution in [0, 0.1) is 0 Å². The van der Waals surface area contributed by atoms with Crippen molar-refractivity contribution >= 4 is 23.1 Å². The van der Waals surface area contributed by atoms with Crippen LogP contribution in [0.5, 0.6) is 0 Å². The van der Waals surface area contributed by atoms with E-state index < -0.39 is 11.7 Å². The molecule has 0 saturated heterocycles. The van der Waals surface area contributed by atoms with Gasteiger partial charge in [0.25, 0.3) is 0 Å². The van der Waals surface area contributed by atoms with Crippen molar-refractivity contribution in [2.75, 3.05) is 23.9 Å². The highest BCUT2D eigenvalue weighted by molar-refractivity contribution is 8.00. The molecular formula is C15H21F3N2S. The highest BCUT2D eigenvalue weighted by atomic mass is 32.2. The van der Waals surface area contributed by atoms with Crippen molar-refractivity contribution in [2.45, 2.75) is 43.0 Å². The first-order chi connectivity index (χ1) is 9.86. The first-order valence-electron chi connectivity index (χ1n) is 7.12. The second-order valence-electron chi connectivity index (χ2n) is 5.60. The standard InChI is InChI=1S/C15H21F3N2S/c1-21-14(7-3-2-4-8-14)10-20-11-5-6-13(19)12(9-11)15(16,17)18/h5-6,9,20H,2-4,7-8,10,19H2,1H3.